The summed E-state index contributed by atoms with van der Waals surface area (Å²) in [6.45, 7) is 1.15. The molecule has 2 atom stereocenters. The lowest BCUT2D eigenvalue weighted by atomic mass is 10.1. The number of nitrogens with zero attached hydrogens (tertiary/aromatic N) is 1. The van der Waals surface area contributed by atoms with Crippen molar-refractivity contribution in [3.8, 4) is 0 Å². The summed E-state index contributed by atoms with van der Waals surface area (Å²) in [6, 6.07) is 0.231. The first-order valence-electron chi connectivity index (χ1n) is 3.50. The molecule has 0 radical (unpaired) electrons. The summed E-state index contributed by atoms with van der Waals surface area (Å²) in [7, 11) is 1.84. The van der Waals surface area contributed by atoms with E-state index in [4.69, 9.17) is 5.84 Å². The number of hydrogen-bond acceptors (Lipinski definition) is 3. The smallest absolute Gasteiger partial charge is 0.0950 e. The molecule has 4 heteroatoms. The number of likely N-dealkylation sites (N-methyl/N-ethyl adjacent to an activating group) is 1. The Hall–Kier alpha value is -0.190. The fraction of sp³-hybridized carbons (Fsp3) is 1.00. The van der Waals surface area contributed by atoms with E-state index in [1.807, 2.05) is 7.05 Å². The molecular weight excluding hydrogens is 133 g/mol. The van der Waals surface area contributed by atoms with Crippen molar-refractivity contribution in [3.05, 3.63) is 0 Å². The summed E-state index contributed by atoms with van der Waals surface area (Å²) in [6.07, 6.45) is 0. The molecule has 1 aliphatic rings. The quantitative estimate of drug-likeness (QED) is 0.510. The first kappa shape index (κ1) is 7.91. The normalized spacial score (nSPS) is 35.1. The van der Waals surface area contributed by atoms with Gasteiger partial charge in [-0.15, -0.1) is 0 Å². The molecule has 0 spiro atoms. The third-order valence-electron chi connectivity index (χ3n) is 2.04. The maximum Gasteiger partial charge on any atom is 0.0950 e. The Morgan fingerprint density at radius 3 is 2.80 bits per heavy atom. The highest BCUT2D eigenvalue weighted by atomic mass is 19.1. The van der Waals surface area contributed by atoms with Crippen LogP contribution in [0.5, 0.6) is 0 Å². The van der Waals surface area contributed by atoms with Crippen LogP contribution in [0.15, 0.2) is 0 Å². The number of halogens is 1. The van der Waals surface area contributed by atoms with Crippen molar-refractivity contribution in [2.75, 3.05) is 26.8 Å². The number of hydrazine groups is 1. The van der Waals surface area contributed by atoms with Crippen LogP contribution in [0.1, 0.15) is 0 Å². The fourth-order valence-electron chi connectivity index (χ4n) is 1.39. The maximum atomic E-state index is 12.2. The largest absolute Gasteiger partial charge is 0.315 e. The van der Waals surface area contributed by atoms with Crippen LogP contribution in [0.2, 0.25) is 0 Å². The first-order valence-corrected chi connectivity index (χ1v) is 3.50. The van der Waals surface area contributed by atoms with Gasteiger partial charge >= 0.3 is 0 Å². The molecule has 0 amide bonds. The van der Waals surface area contributed by atoms with Gasteiger partial charge in [0.25, 0.3) is 0 Å². The van der Waals surface area contributed by atoms with Crippen molar-refractivity contribution in [2.45, 2.75) is 6.04 Å². The second kappa shape index (κ2) is 3.27. The zero-order valence-corrected chi connectivity index (χ0v) is 6.18. The summed E-state index contributed by atoms with van der Waals surface area (Å²) in [5.74, 6) is 5.57. The van der Waals surface area contributed by atoms with Gasteiger partial charge in [0.2, 0.25) is 0 Å². The third-order valence-corrected chi connectivity index (χ3v) is 2.04. The molecule has 3 N–H and O–H groups in total. The zero-order valence-electron chi connectivity index (χ0n) is 6.18. The molecule has 0 bridgehead atoms. The molecule has 0 aromatic heterocycles. The van der Waals surface area contributed by atoms with Crippen molar-refractivity contribution >= 4 is 0 Å². The van der Waals surface area contributed by atoms with Crippen LogP contribution < -0.4 is 11.2 Å². The highest BCUT2D eigenvalue weighted by molar-refractivity contribution is 4.85. The minimum atomic E-state index is -0.279. The lowest BCUT2D eigenvalue weighted by molar-refractivity contribution is 0.307. The van der Waals surface area contributed by atoms with Gasteiger partial charge < -0.3 is 5.32 Å². The summed E-state index contributed by atoms with van der Waals surface area (Å²) < 4.78 is 12.2. The second-order valence-electron chi connectivity index (χ2n) is 2.76. The average Bonchev–Trinajstić information content (AvgIpc) is 2.30. The van der Waals surface area contributed by atoms with Crippen molar-refractivity contribution in [1.82, 2.24) is 10.3 Å². The Kier molecular flexibility index (Phi) is 2.59. The molecule has 10 heavy (non-hydrogen) atoms. The van der Waals surface area contributed by atoms with Gasteiger partial charge in [-0.3, -0.25) is 10.2 Å². The lowest BCUT2D eigenvalue weighted by Gasteiger charge is -2.12. The van der Waals surface area contributed by atoms with Crippen LogP contribution in [0, 0.1) is 5.92 Å². The standard InChI is InChI=1S/C6H14FN3/c1-9-6-4-10(8)3-5(6)2-7/h5-6,9H,2-4,8H2,1H3. The number of nitrogens with one attached hydrogen (secondary N) is 1. The van der Waals surface area contributed by atoms with Crippen LogP contribution in [0.3, 0.4) is 0 Å². The topological polar surface area (TPSA) is 41.3 Å². The highest BCUT2D eigenvalue weighted by Gasteiger charge is 2.29. The third kappa shape index (κ3) is 1.45. The van der Waals surface area contributed by atoms with Crippen molar-refractivity contribution in [3.63, 3.8) is 0 Å². The van der Waals surface area contributed by atoms with Gasteiger partial charge in [-0.2, -0.15) is 0 Å². The van der Waals surface area contributed by atoms with Gasteiger partial charge in [0.05, 0.1) is 6.67 Å². The Labute approximate surface area is 60.3 Å². The van der Waals surface area contributed by atoms with E-state index in [0.29, 0.717) is 6.54 Å². The van der Waals surface area contributed by atoms with E-state index in [9.17, 15) is 4.39 Å². The molecule has 1 fully saturated rings. The van der Waals surface area contributed by atoms with Gasteiger partial charge in [-0.1, -0.05) is 0 Å². The van der Waals surface area contributed by atoms with E-state index in [0.717, 1.165) is 6.54 Å². The lowest BCUT2D eigenvalue weighted by Crippen LogP contribution is -2.35. The molecule has 1 rings (SSSR count). The molecule has 2 unspecified atom stereocenters. The zero-order chi connectivity index (χ0) is 7.56. The summed E-state index contributed by atoms with van der Waals surface area (Å²) in [4.78, 5) is 0. The Morgan fingerprint density at radius 1 is 1.70 bits per heavy atom. The van der Waals surface area contributed by atoms with Crippen LogP contribution in [0.25, 0.3) is 0 Å². The molecule has 0 aromatic rings. The van der Waals surface area contributed by atoms with E-state index in [2.05, 4.69) is 5.32 Å². The van der Waals surface area contributed by atoms with Crippen molar-refractivity contribution < 1.29 is 4.39 Å². The SMILES string of the molecule is CNC1CN(N)CC1CF. The molecule has 60 valence electrons. The predicted molar refractivity (Wildman–Crippen MR) is 38.1 cm³/mol. The van der Waals surface area contributed by atoms with Gasteiger partial charge in [-0.05, 0) is 7.05 Å². The van der Waals surface area contributed by atoms with Crippen LogP contribution in [0.4, 0.5) is 4.39 Å². The van der Waals surface area contributed by atoms with Gasteiger partial charge in [-0.25, -0.2) is 5.01 Å². The Balaban J connectivity index is 2.41. The molecule has 0 aromatic carbocycles. The number of hydrogen-bond donors (Lipinski definition) is 2. The molecule has 1 heterocycles. The van der Waals surface area contributed by atoms with Crippen molar-refractivity contribution in [2.24, 2.45) is 11.8 Å². The van der Waals surface area contributed by atoms with Crippen LogP contribution >= 0.6 is 0 Å². The van der Waals surface area contributed by atoms with E-state index < -0.39 is 0 Å². The first-order chi connectivity index (χ1) is 4.77. The fourth-order valence-corrected chi connectivity index (χ4v) is 1.39. The van der Waals surface area contributed by atoms with Crippen molar-refractivity contribution in [1.29, 1.82) is 0 Å². The highest BCUT2D eigenvalue weighted by Crippen LogP contribution is 2.13. The molecule has 3 nitrogen and oxygen atoms in total. The van der Waals surface area contributed by atoms with E-state index in [-0.39, 0.29) is 18.6 Å². The van der Waals surface area contributed by atoms with E-state index >= 15 is 0 Å². The van der Waals surface area contributed by atoms with E-state index in [1.54, 1.807) is 5.01 Å². The van der Waals surface area contributed by atoms with Gasteiger partial charge in [0, 0.05) is 25.0 Å². The average molecular weight is 147 g/mol. The molecule has 1 saturated heterocycles. The summed E-state index contributed by atoms with van der Waals surface area (Å²) in [5, 5.41) is 4.69. The van der Waals surface area contributed by atoms with Gasteiger partial charge in [0.15, 0.2) is 0 Å². The minimum absolute atomic E-state index is 0.0787. The molecule has 0 saturated carbocycles. The Bertz CT molecular complexity index is 97.2. The van der Waals surface area contributed by atoms with Crippen LogP contribution in [-0.2, 0) is 0 Å². The Morgan fingerprint density at radius 2 is 2.40 bits per heavy atom. The molecule has 0 aliphatic carbocycles. The minimum Gasteiger partial charge on any atom is -0.315 e. The van der Waals surface area contributed by atoms with Crippen LogP contribution in [-0.4, -0.2) is 37.9 Å². The second-order valence-corrected chi connectivity index (χ2v) is 2.76. The maximum absolute atomic E-state index is 12.2. The predicted octanol–water partition coefficient (Wildman–Crippen LogP) is -0.651. The summed E-state index contributed by atoms with van der Waals surface area (Å²) in [5.41, 5.74) is 0. The monoisotopic (exact) mass is 147 g/mol. The van der Waals surface area contributed by atoms with Gasteiger partial charge in [0.1, 0.15) is 0 Å². The number of nitrogens with two attached hydrogens (primary N) is 1. The molecular formula is C6H14FN3. The number of alkyl halides is 1. The molecule has 1 aliphatic heterocycles. The number of rotatable bonds is 2. The summed E-state index contributed by atoms with van der Waals surface area (Å²) >= 11 is 0. The van der Waals surface area contributed by atoms with E-state index in [1.165, 1.54) is 0 Å².